The molecule has 0 saturated carbocycles. The summed E-state index contributed by atoms with van der Waals surface area (Å²) in [5.41, 5.74) is 2.45. The fraction of sp³-hybridized carbons (Fsp3) is 0.118. The zero-order valence-corrected chi connectivity index (χ0v) is 10.7. The van der Waals surface area contributed by atoms with Crippen LogP contribution in [-0.2, 0) is 0 Å². The second-order valence-corrected chi connectivity index (χ2v) is 4.21. The Morgan fingerprint density at radius 3 is 2.11 bits per heavy atom. The molecule has 0 aliphatic heterocycles. The smallest absolute Gasteiger partial charge is 0.193 e. The van der Waals surface area contributed by atoms with Gasteiger partial charge < -0.3 is 4.74 Å². The van der Waals surface area contributed by atoms with Crippen molar-refractivity contribution in [2.75, 3.05) is 6.61 Å². The number of ketones is 1. The average Bonchev–Trinajstić information content (AvgIpc) is 2.46. The molecule has 0 aliphatic carbocycles. The predicted molar refractivity (Wildman–Crippen MR) is 75.4 cm³/mol. The third-order valence-corrected chi connectivity index (χ3v) is 2.75. The lowest BCUT2D eigenvalue weighted by atomic mass is 10.0. The summed E-state index contributed by atoms with van der Waals surface area (Å²) in [5.74, 6) is 3.06. The summed E-state index contributed by atoms with van der Waals surface area (Å²) in [7, 11) is 0. The molecule has 2 nitrogen and oxygen atoms in total. The van der Waals surface area contributed by atoms with E-state index in [1.165, 1.54) is 0 Å². The van der Waals surface area contributed by atoms with Crippen molar-refractivity contribution in [3.05, 3.63) is 65.2 Å². The number of benzene rings is 2. The van der Waals surface area contributed by atoms with Crippen LogP contribution in [0.4, 0.5) is 0 Å². The first-order valence-corrected chi connectivity index (χ1v) is 5.98. The van der Waals surface area contributed by atoms with Crippen LogP contribution in [0.3, 0.4) is 0 Å². The van der Waals surface area contributed by atoms with Crippen LogP contribution in [-0.4, -0.2) is 12.4 Å². The van der Waals surface area contributed by atoms with Crippen LogP contribution in [0.2, 0.25) is 0 Å². The Morgan fingerprint density at radius 2 is 1.58 bits per heavy atom. The number of hydrogen-bond donors (Lipinski definition) is 0. The van der Waals surface area contributed by atoms with Crippen molar-refractivity contribution in [3.8, 4) is 18.1 Å². The van der Waals surface area contributed by atoms with Gasteiger partial charge >= 0.3 is 0 Å². The molecular formula is C17H14O2. The van der Waals surface area contributed by atoms with Gasteiger partial charge in [-0.3, -0.25) is 4.79 Å². The second-order valence-electron chi connectivity index (χ2n) is 4.21. The van der Waals surface area contributed by atoms with E-state index >= 15 is 0 Å². The first-order chi connectivity index (χ1) is 9.20. The van der Waals surface area contributed by atoms with Gasteiger partial charge in [0.25, 0.3) is 0 Å². The fourth-order valence-electron chi connectivity index (χ4n) is 1.70. The van der Waals surface area contributed by atoms with E-state index in [1.807, 2.05) is 31.2 Å². The van der Waals surface area contributed by atoms with Crippen LogP contribution in [0.1, 0.15) is 21.5 Å². The van der Waals surface area contributed by atoms with E-state index in [0.29, 0.717) is 16.9 Å². The van der Waals surface area contributed by atoms with E-state index in [9.17, 15) is 4.79 Å². The number of carbonyl (C=O) groups is 1. The summed E-state index contributed by atoms with van der Waals surface area (Å²) in [6.45, 7) is 2.22. The van der Waals surface area contributed by atoms with Crippen LogP contribution in [0.5, 0.6) is 5.75 Å². The van der Waals surface area contributed by atoms with Gasteiger partial charge in [0.2, 0.25) is 0 Å². The zero-order chi connectivity index (χ0) is 13.7. The second kappa shape index (κ2) is 5.88. The molecule has 0 unspecified atom stereocenters. The molecule has 0 saturated heterocycles. The zero-order valence-electron chi connectivity index (χ0n) is 10.7. The number of carbonyl (C=O) groups excluding carboxylic acids is 1. The number of terminal acetylenes is 1. The number of aryl methyl sites for hydroxylation is 1. The van der Waals surface area contributed by atoms with E-state index in [2.05, 4.69) is 5.92 Å². The molecule has 0 aromatic heterocycles. The van der Waals surface area contributed by atoms with Gasteiger partial charge in [0, 0.05) is 11.1 Å². The number of ether oxygens (including phenoxy) is 1. The first-order valence-electron chi connectivity index (χ1n) is 5.98. The van der Waals surface area contributed by atoms with E-state index in [4.69, 9.17) is 11.2 Å². The van der Waals surface area contributed by atoms with Crippen molar-refractivity contribution >= 4 is 5.78 Å². The maximum atomic E-state index is 12.2. The highest BCUT2D eigenvalue weighted by Gasteiger charge is 2.08. The molecule has 0 aliphatic rings. The minimum atomic E-state index is 0.00324. The molecule has 2 heteroatoms. The van der Waals surface area contributed by atoms with E-state index < -0.39 is 0 Å². The average molecular weight is 250 g/mol. The normalized spacial score (nSPS) is 9.68. The molecule has 0 bridgehead atoms. The standard InChI is InChI=1S/C17H14O2/c1-3-12-19-16-10-8-15(9-11-16)17(18)14-6-4-13(2)5-7-14/h1,4-11H,12H2,2H3. The Balaban J connectivity index is 2.16. The van der Waals surface area contributed by atoms with Crippen LogP contribution >= 0.6 is 0 Å². The summed E-state index contributed by atoms with van der Waals surface area (Å²) >= 11 is 0. The van der Waals surface area contributed by atoms with Crippen LogP contribution in [0.15, 0.2) is 48.5 Å². The van der Waals surface area contributed by atoms with Crippen LogP contribution in [0.25, 0.3) is 0 Å². The molecule has 94 valence electrons. The van der Waals surface area contributed by atoms with Gasteiger partial charge in [-0.15, -0.1) is 6.42 Å². The van der Waals surface area contributed by atoms with Crippen LogP contribution in [0, 0.1) is 19.3 Å². The van der Waals surface area contributed by atoms with Gasteiger partial charge in [-0.1, -0.05) is 35.7 Å². The first kappa shape index (κ1) is 12.9. The topological polar surface area (TPSA) is 26.3 Å². The largest absolute Gasteiger partial charge is 0.481 e. The molecule has 0 N–H and O–H groups in total. The number of hydrogen-bond acceptors (Lipinski definition) is 2. The summed E-state index contributed by atoms with van der Waals surface area (Å²) in [6.07, 6.45) is 5.11. The summed E-state index contributed by atoms with van der Waals surface area (Å²) < 4.78 is 5.26. The molecule has 0 heterocycles. The molecule has 0 atom stereocenters. The molecule has 0 amide bonds. The molecule has 19 heavy (non-hydrogen) atoms. The Labute approximate surface area is 113 Å². The van der Waals surface area contributed by atoms with Crippen molar-refractivity contribution in [2.24, 2.45) is 0 Å². The van der Waals surface area contributed by atoms with E-state index in [0.717, 1.165) is 5.56 Å². The van der Waals surface area contributed by atoms with Crippen molar-refractivity contribution in [1.29, 1.82) is 0 Å². The Morgan fingerprint density at radius 1 is 1.05 bits per heavy atom. The van der Waals surface area contributed by atoms with Gasteiger partial charge in [-0.2, -0.15) is 0 Å². The lowest BCUT2D eigenvalue weighted by molar-refractivity contribution is 0.103. The van der Waals surface area contributed by atoms with Crippen LogP contribution < -0.4 is 4.74 Å². The van der Waals surface area contributed by atoms with Crippen molar-refractivity contribution < 1.29 is 9.53 Å². The summed E-state index contributed by atoms with van der Waals surface area (Å²) in [6, 6.07) is 14.5. The summed E-state index contributed by atoms with van der Waals surface area (Å²) in [5, 5.41) is 0. The molecule has 2 aromatic carbocycles. The molecule has 0 spiro atoms. The van der Waals surface area contributed by atoms with E-state index in [1.54, 1.807) is 24.3 Å². The Kier molecular flexibility index (Phi) is 4.00. The van der Waals surface area contributed by atoms with Gasteiger partial charge in [0.15, 0.2) is 5.78 Å². The Hall–Kier alpha value is -2.53. The highest BCUT2D eigenvalue weighted by atomic mass is 16.5. The third-order valence-electron chi connectivity index (χ3n) is 2.75. The lowest BCUT2D eigenvalue weighted by Crippen LogP contribution is -2.01. The third kappa shape index (κ3) is 3.23. The highest BCUT2D eigenvalue weighted by Crippen LogP contribution is 2.15. The van der Waals surface area contributed by atoms with E-state index in [-0.39, 0.29) is 12.4 Å². The molecule has 0 fully saturated rings. The Bertz CT molecular complexity index is 601. The van der Waals surface area contributed by atoms with Crippen molar-refractivity contribution in [1.82, 2.24) is 0 Å². The van der Waals surface area contributed by atoms with Crippen molar-refractivity contribution in [3.63, 3.8) is 0 Å². The van der Waals surface area contributed by atoms with Gasteiger partial charge in [-0.25, -0.2) is 0 Å². The maximum absolute atomic E-state index is 12.2. The van der Waals surface area contributed by atoms with Gasteiger partial charge in [0.1, 0.15) is 12.4 Å². The maximum Gasteiger partial charge on any atom is 0.193 e. The molecular weight excluding hydrogens is 236 g/mol. The SMILES string of the molecule is C#CCOc1ccc(C(=O)c2ccc(C)cc2)cc1. The minimum Gasteiger partial charge on any atom is -0.481 e. The monoisotopic (exact) mass is 250 g/mol. The fourth-order valence-corrected chi connectivity index (χ4v) is 1.70. The minimum absolute atomic E-state index is 0.00324. The predicted octanol–water partition coefficient (Wildman–Crippen LogP) is 3.24. The quantitative estimate of drug-likeness (QED) is 0.615. The summed E-state index contributed by atoms with van der Waals surface area (Å²) in [4.78, 5) is 12.2. The molecule has 2 aromatic rings. The van der Waals surface area contributed by atoms with Gasteiger partial charge in [-0.05, 0) is 31.2 Å². The molecule has 2 rings (SSSR count). The lowest BCUT2D eigenvalue weighted by Gasteiger charge is -2.04. The van der Waals surface area contributed by atoms with Gasteiger partial charge in [0.05, 0.1) is 0 Å². The highest BCUT2D eigenvalue weighted by molar-refractivity contribution is 6.09. The number of rotatable bonds is 4. The van der Waals surface area contributed by atoms with Crippen molar-refractivity contribution in [2.45, 2.75) is 6.92 Å². The molecule has 0 radical (unpaired) electrons.